The SMILES string of the molecule is CCCCCCCCCCC(CN(CCCC(C)C(O)C(=O)OCC)CC(CCCCCCCCCC)O[Si](C)(C)C(C)(C)C)O[Si](C)(C)C(C)(C)C. The summed E-state index contributed by atoms with van der Waals surface area (Å²) in [6.07, 6.45) is 24.3. The molecular formula is C45H95NO5Si2. The van der Waals surface area contributed by atoms with Gasteiger partial charge < -0.3 is 18.7 Å². The van der Waals surface area contributed by atoms with Crippen LogP contribution in [0.4, 0.5) is 0 Å². The van der Waals surface area contributed by atoms with Crippen molar-refractivity contribution in [3.63, 3.8) is 0 Å². The van der Waals surface area contributed by atoms with E-state index in [0.29, 0.717) is 6.61 Å². The fraction of sp³-hybridized carbons (Fsp3) is 0.978. The predicted octanol–water partition coefficient (Wildman–Crippen LogP) is 13.5. The Morgan fingerprint density at radius 2 is 0.943 bits per heavy atom. The molecule has 0 radical (unpaired) electrons. The number of aliphatic hydroxyl groups excluding tert-OH is 1. The summed E-state index contributed by atoms with van der Waals surface area (Å²) >= 11 is 0. The average Bonchev–Trinajstić information content (AvgIpc) is 3.05. The highest BCUT2D eigenvalue weighted by Gasteiger charge is 2.41. The standard InChI is InChI=1S/C45H95NO5Si2/c1-15-18-20-22-24-26-28-30-34-40(50-52(11,12)44(5,6)7)37-46(36-32-33-39(4)42(47)43(48)49-17-3)38-41(51-53(13,14)45(8,9)10)35-31-29-27-25-23-21-19-16-2/h39-42,47H,15-38H2,1-14H3. The first kappa shape index (κ1) is 52.7. The summed E-state index contributed by atoms with van der Waals surface area (Å²) in [5, 5.41) is 11.0. The highest BCUT2D eigenvalue weighted by molar-refractivity contribution is 6.74. The number of rotatable bonds is 33. The first-order valence-corrected chi connectivity index (χ1v) is 28.5. The van der Waals surface area contributed by atoms with E-state index in [-0.39, 0.29) is 28.2 Å². The number of unbranched alkanes of at least 4 members (excludes halogenated alkanes) is 14. The van der Waals surface area contributed by atoms with Crippen LogP contribution in [0.5, 0.6) is 0 Å². The molecule has 318 valence electrons. The molecule has 4 atom stereocenters. The van der Waals surface area contributed by atoms with Gasteiger partial charge in [0, 0.05) is 13.1 Å². The van der Waals surface area contributed by atoms with Crippen molar-refractivity contribution in [3.05, 3.63) is 0 Å². The zero-order valence-corrected chi connectivity index (χ0v) is 40.3. The van der Waals surface area contributed by atoms with Crippen LogP contribution in [-0.2, 0) is 18.4 Å². The van der Waals surface area contributed by atoms with Crippen molar-refractivity contribution in [3.8, 4) is 0 Å². The van der Waals surface area contributed by atoms with Crippen LogP contribution in [0.25, 0.3) is 0 Å². The van der Waals surface area contributed by atoms with E-state index in [9.17, 15) is 9.90 Å². The molecule has 0 aromatic carbocycles. The smallest absolute Gasteiger partial charge is 0.335 e. The van der Waals surface area contributed by atoms with Crippen molar-refractivity contribution in [1.29, 1.82) is 0 Å². The van der Waals surface area contributed by atoms with Crippen molar-refractivity contribution in [2.24, 2.45) is 5.92 Å². The van der Waals surface area contributed by atoms with Gasteiger partial charge in [-0.2, -0.15) is 0 Å². The minimum Gasteiger partial charge on any atom is -0.464 e. The number of carbonyl (C=O) groups excluding carboxylic acids is 1. The molecule has 0 aliphatic heterocycles. The Kier molecular flexibility index (Phi) is 28.1. The Bertz CT molecular complexity index is 846. The summed E-state index contributed by atoms with van der Waals surface area (Å²) in [5.74, 6) is -0.651. The van der Waals surface area contributed by atoms with Crippen LogP contribution >= 0.6 is 0 Å². The summed E-state index contributed by atoms with van der Waals surface area (Å²) in [4.78, 5) is 15.0. The fourth-order valence-corrected chi connectivity index (χ4v) is 9.42. The molecule has 53 heavy (non-hydrogen) atoms. The van der Waals surface area contributed by atoms with Gasteiger partial charge in [0.2, 0.25) is 0 Å². The topological polar surface area (TPSA) is 68.2 Å². The molecule has 0 rings (SSSR count). The van der Waals surface area contributed by atoms with Gasteiger partial charge >= 0.3 is 5.97 Å². The number of aliphatic hydroxyl groups is 1. The predicted molar refractivity (Wildman–Crippen MR) is 236 cm³/mol. The molecule has 6 nitrogen and oxygen atoms in total. The number of nitrogens with zero attached hydrogens (tertiary/aromatic N) is 1. The maximum Gasteiger partial charge on any atom is 0.335 e. The van der Waals surface area contributed by atoms with Gasteiger partial charge in [0.25, 0.3) is 0 Å². The van der Waals surface area contributed by atoms with E-state index in [0.717, 1.165) is 45.3 Å². The van der Waals surface area contributed by atoms with Gasteiger partial charge in [-0.05, 0) is 81.3 Å². The summed E-state index contributed by atoms with van der Waals surface area (Å²) in [5.41, 5.74) is 0. The van der Waals surface area contributed by atoms with Crippen molar-refractivity contribution >= 4 is 22.6 Å². The van der Waals surface area contributed by atoms with E-state index in [1.165, 1.54) is 103 Å². The lowest BCUT2D eigenvalue weighted by Gasteiger charge is -2.43. The Hall–Kier alpha value is -0.256. The fourth-order valence-electron chi connectivity index (χ4n) is 6.66. The molecule has 0 aromatic heterocycles. The third-order valence-electron chi connectivity index (χ3n) is 12.4. The molecule has 0 saturated carbocycles. The summed E-state index contributed by atoms with van der Waals surface area (Å²) < 4.78 is 19.7. The van der Waals surface area contributed by atoms with Gasteiger partial charge in [-0.3, -0.25) is 4.90 Å². The Morgan fingerprint density at radius 3 is 1.28 bits per heavy atom. The highest BCUT2D eigenvalue weighted by atomic mass is 28.4. The minimum absolute atomic E-state index is 0.149. The molecule has 0 aromatic rings. The zero-order valence-electron chi connectivity index (χ0n) is 38.3. The molecule has 0 spiro atoms. The second kappa shape index (κ2) is 28.2. The van der Waals surface area contributed by atoms with Crippen molar-refractivity contribution in [1.82, 2.24) is 4.90 Å². The Labute approximate surface area is 334 Å². The highest BCUT2D eigenvalue weighted by Crippen LogP contribution is 2.39. The summed E-state index contributed by atoms with van der Waals surface area (Å²) in [7, 11) is -3.98. The van der Waals surface area contributed by atoms with Crippen LogP contribution in [0.3, 0.4) is 0 Å². The molecule has 8 heteroatoms. The average molecular weight is 786 g/mol. The monoisotopic (exact) mass is 786 g/mol. The van der Waals surface area contributed by atoms with Crippen LogP contribution in [0.2, 0.25) is 36.3 Å². The van der Waals surface area contributed by atoms with E-state index in [1.807, 2.05) is 6.92 Å². The molecule has 0 saturated heterocycles. The summed E-state index contributed by atoms with van der Waals surface area (Å²) in [6, 6.07) is 0. The van der Waals surface area contributed by atoms with Gasteiger partial charge in [-0.15, -0.1) is 0 Å². The maximum atomic E-state index is 12.3. The lowest BCUT2D eigenvalue weighted by Crippen LogP contribution is -2.50. The normalized spacial score (nSPS) is 15.5. The van der Waals surface area contributed by atoms with Crippen molar-refractivity contribution < 1.29 is 23.5 Å². The van der Waals surface area contributed by atoms with Crippen molar-refractivity contribution in [2.45, 2.75) is 252 Å². The van der Waals surface area contributed by atoms with Gasteiger partial charge in [0.1, 0.15) is 0 Å². The second-order valence-electron chi connectivity index (χ2n) is 19.6. The van der Waals surface area contributed by atoms with E-state index < -0.39 is 28.7 Å². The third kappa shape index (κ3) is 24.2. The zero-order chi connectivity index (χ0) is 40.6. The van der Waals surface area contributed by atoms with Crippen molar-refractivity contribution in [2.75, 3.05) is 26.2 Å². The molecule has 0 aliphatic carbocycles. The molecule has 0 heterocycles. The Morgan fingerprint density at radius 1 is 0.585 bits per heavy atom. The van der Waals surface area contributed by atoms with Crippen LogP contribution in [-0.4, -0.2) is 77.2 Å². The number of ether oxygens (including phenoxy) is 1. The van der Waals surface area contributed by atoms with Crippen LogP contribution in [0.15, 0.2) is 0 Å². The molecule has 0 fully saturated rings. The molecule has 0 aliphatic rings. The number of esters is 1. The van der Waals surface area contributed by atoms with Gasteiger partial charge in [-0.25, -0.2) is 4.79 Å². The van der Waals surface area contributed by atoms with E-state index in [1.54, 1.807) is 6.92 Å². The van der Waals surface area contributed by atoms with Gasteiger partial charge in [-0.1, -0.05) is 165 Å². The Balaban J connectivity index is 6.15. The molecule has 0 bridgehead atoms. The number of carbonyl (C=O) groups is 1. The first-order chi connectivity index (χ1) is 24.7. The molecular weight excluding hydrogens is 691 g/mol. The summed E-state index contributed by atoms with van der Waals surface area (Å²) in [6.45, 7) is 35.1. The minimum atomic E-state index is -1.99. The third-order valence-corrected chi connectivity index (χ3v) is 21.5. The largest absolute Gasteiger partial charge is 0.464 e. The quantitative estimate of drug-likeness (QED) is 0.0406. The van der Waals surface area contributed by atoms with Gasteiger partial charge in [0.15, 0.2) is 22.7 Å². The van der Waals surface area contributed by atoms with E-state index >= 15 is 0 Å². The molecule has 0 amide bonds. The second-order valence-corrected chi connectivity index (χ2v) is 29.1. The lowest BCUT2D eigenvalue weighted by molar-refractivity contribution is -0.155. The van der Waals surface area contributed by atoms with Gasteiger partial charge in [0.05, 0.1) is 18.8 Å². The van der Waals surface area contributed by atoms with E-state index in [4.69, 9.17) is 13.6 Å². The van der Waals surface area contributed by atoms with E-state index in [2.05, 4.69) is 86.5 Å². The number of hydrogen-bond acceptors (Lipinski definition) is 6. The number of hydrogen-bond donors (Lipinski definition) is 1. The van der Waals surface area contributed by atoms with Crippen LogP contribution in [0.1, 0.15) is 198 Å². The van der Waals surface area contributed by atoms with Crippen LogP contribution in [0, 0.1) is 5.92 Å². The maximum absolute atomic E-state index is 12.3. The molecule has 1 N–H and O–H groups in total. The lowest BCUT2D eigenvalue weighted by atomic mass is 9.98. The van der Waals surface area contributed by atoms with Crippen LogP contribution < -0.4 is 0 Å². The first-order valence-electron chi connectivity index (χ1n) is 22.6. The molecule has 4 unspecified atom stereocenters.